The van der Waals surface area contributed by atoms with Gasteiger partial charge in [0, 0.05) is 26.1 Å². The maximum Gasteiger partial charge on any atom is 0.161 e. The van der Waals surface area contributed by atoms with Crippen LogP contribution in [0.3, 0.4) is 0 Å². The molecule has 1 aliphatic rings. The van der Waals surface area contributed by atoms with E-state index in [0.29, 0.717) is 0 Å². The van der Waals surface area contributed by atoms with Gasteiger partial charge < -0.3 is 0 Å². The fraction of sp³-hybridized carbons (Fsp3) is 1.00. The zero-order chi connectivity index (χ0) is 10.4. The van der Waals surface area contributed by atoms with Crippen molar-refractivity contribution in [1.82, 2.24) is 4.67 Å². The summed E-state index contributed by atoms with van der Waals surface area (Å²) in [6.07, 6.45) is 2.80. The molecule has 0 aromatic heterocycles. The molecule has 5 heteroatoms. The molecule has 1 fully saturated rings. The van der Waals surface area contributed by atoms with Crippen molar-refractivity contribution in [2.75, 3.05) is 24.6 Å². The van der Waals surface area contributed by atoms with Crippen molar-refractivity contribution in [3.8, 4) is 0 Å². The van der Waals surface area contributed by atoms with Gasteiger partial charge in [-0.25, -0.2) is 11.6 Å². The average molecular weight is 247 g/mol. The molecule has 0 aliphatic carbocycles. The molecule has 0 aromatic rings. The molecule has 0 bridgehead atoms. The third-order valence-corrected chi connectivity index (χ3v) is 8.72. The maximum absolute atomic E-state index is 5.44. The largest absolute Gasteiger partial charge is 0.274 e. The lowest BCUT2D eigenvalue weighted by molar-refractivity contribution is 0.568. The number of rotatable bonds is 6. The maximum atomic E-state index is 5.44. The Labute approximate surface area is 99.0 Å². The summed E-state index contributed by atoms with van der Waals surface area (Å²) in [5, 5.41) is 0. The van der Waals surface area contributed by atoms with Crippen LogP contribution in [0.15, 0.2) is 0 Å². The number of nitrogens with zero attached hydrogens (tertiary/aromatic N) is 1. The molecule has 0 spiro atoms. The Morgan fingerprint density at radius 2 is 1.93 bits per heavy atom. The molecule has 2 radical (unpaired) electrons. The van der Waals surface area contributed by atoms with Crippen LogP contribution in [0.1, 0.15) is 26.7 Å². The Bertz CT molecular complexity index is 154. The van der Waals surface area contributed by atoms with Crippen molar-refractivity contribution >= 4 is 37.4 Å². The van der Waals surface area contributed by atoms with Gasteiger partial charge in [0.15, 0.2) is 7.12 Å². The van der Waals surface area contributed by atoms with E-state index in [2.05, 4.69) is 29.9 Å². The molecular formula is C9H19BNPS2. The van der Waals surface area contributed by atoms with Gasteiger partial charge in [-0.15, -0.1) is 11.4 Å². The Hall–Kier alpha value is 1.15. The van der Waals surface area contributed by atoms with Crippen molar-refractivity contribution in [1.29, 1.82) is 0 Å². The number of hydrogen-bond donors (Lipinski definition) is 0. The predicted molar refractivity (Wildman–Crippen MR) is 73.5 cm³/mol. The Morgan fingerprint density at radius 1 is 1.29 bits per heavy atom. The van der Waals surface area contributed by atoms with Crippen molar-refractivity contribution in [3.05, 3.63) is 0 Å². The quantitative estimate of drug-likeness (QED) is 0.402. The van der Waals surface area contributed by atoms with E-state index in [1.54, 1.807) is 0 Å². The third-order valence-electron chi connectivity index (χ3n) is 2.23. The molecule has 0 saturated carbocycles. The van der Waals surface area contributed by atoms with Crippen LogP contribution in [-0.4, -0.2) is 42.0 Å². The van der Waals surface area contributed by atoms with Gasteiger partial charge in [-0.05, 0) is 24.3 Å². The minimum absolute atomic E-state index is 0.0487. The molecule has 0 aromatic carbocycles. The molecule has 14 heavy (non-hydrogen) atoms. The highest BCUT2D eigenvalue weighted by atomic mass is 32.7. The molecule has 0 N–H and O–H groups in total. The summed E-state index contributed by atoms with van der Waals surface area (Å²) < 4.78 is 2.70. The van der Waals surface area contributed by atoms with Crippen molar-refractivity contribution < 1.29 is 0 Å². The van der Waals surface area contributed by atoms with Crippen LogP contribution < -0.4 is 0 Å². The summed E-state index contributed by atoms with van der Waals surface area (Å²) in [7, 11) is 5.49. The summed E-state index contributed by atoms with van der Waals surface area (Å²) in [6, 6.07) is 0. The van der Waals surface area contributed by atoms with Gasteiger partial charge in [0.1, 0.15) is 0 Å². The van der Waals surface area contributed by atoms with Gasteiger partial charge in [0.05, 0.1) is 0 Å². The molecule has 1 atom stereocenters. The fourth-order valence-corrected chi connectivity index (χ4v) is 7.40. The van der Waals surface area contributed by atoms with E-state index >= 15 is 0 Å². The fourth-order valence-electron chi connectivity index (χ4n) is 1.63. The van der Waals surface area contributed by atoms with Crippen LogP contribution in [-0.2, 0) is 0 Å². The first-order valence-electron chi connectivity index (χ1n) is 5.24. The molecule has 80 valence electrons. The molecule has 1 aliphatic heterocycles. The SMILES string of the molecule is [B]SCCSP(C(C)C)N1CCCC1. The Morgan fingerprint density at radius 3 is 2.43 bits per heavy atom. The van der Waals surface area contributed by atoms with Crippen LogP contribution in [0.2, 0.25) is 0 Å². The first-order valence-corrected chi connectivity index (χ1v) is 9.24. The Balaban J connectivity index is 2.30. The van der Waals surface area contributed by atoms with E-state index in [1.807, 2.05) is 0 Å². The molecule has 1 nitrogen and oxygen atoms in total. The van der Waals surface area contributed by atoms with Crippen LogP contribution in [0, 0.1) is 0 Å². The average Bonchev–Trinajstić information content (AvgIpc) is 2.64. The van der Waals surface area contributed by atoms with Crippen molar-refractivity contribution in [2.24, 2.45) is 0 Å². The second-order valence-electron chi connectivity index (χ2n) is 3.76. The van der Waals surface area contributed by atoms with E-state index in [4.69, 9.17) is 7.12 Å². The summed E-state index contributed by atoms with van der Waals surface area (Å²) in [6.45, 7) is 7.36. The van der Waals surface area contributed by atoms with E-state index < -0.39 is 0 Å². The molecule has 1 saturated heterocycles. The standard InChI is InChI=1S/C9H19BNPS2/c1-9(2)12(14-8-7-13-10)11-5-3-4-6-11/h9H,3-8H2,1-2H3. The van der Waals surface area contributed by atoms with Crippen molar-refractivity contribution in [3.63, 3.8) is 0 Å². The second-order valence-corrected chi connectivity index (χ2v) is 9.27. The lowest BCUT2D eigenvalue weighted by Crippen LogP contribution is -2.16. The Kier molecular flexibility index (Phi) is 7.02. The van der Waals surface area contributed by atoms with E-state index in [1.165, 1.54) is 43.3 Å². The lowest BCUT2D eigenvalue weighted by atomic mass is 10.4. The number of hydrogen-bond acceptors (Lipinski definition) is 3. The summed E-state index contributed by atoms with van der Waals surface area (Å²) in [4.78, 5) is 0. The lowest BCUT2D eigenvalue weighted by Gasteiger charge is -2.29. The topological polar surface area (TPSA) is 3.24 Å². The van der Waals surface area contributed by atoms with Gasteiger partial charge in [-0.1, -0.05) is 13.8 Å². The van der Waals surface area contributed by atoms with E-state index in [0.717, 1.165) is 11.4 Å². The zero-order valence-electron chi connectivity index (χ0n) is 9.11. The van der Waals surface area contributed by atoms with Crippen LogP contribution in [0.5, 0.6) is 0 Å². The molecule has 1 heterocycles. The highest BCUT2D eigenvalue weighted by Gasteiger charge is 2.24. The van der Waals surface area contributed by atoms with Gasteiger partial charge in [-0.2, -0.15) is 0 Å². The molecular weight excluding hydrogens is 228 g/mol. The smallest absolute Gasteiger partial charge is 0.161 e. The summed E-state index contributed by atoms with van der Waals surface area (Å²) in [5.41, 5.74) is 0.816. The van der Waals surface area contributed by atoms with E-state index in [9.17, 15) is 0 Å². The predicted octanol–water partition coefficient (Wildman–Crippen LogP) is 3.35. The van der Waals surface area contributed by atoms with Crippen molar-refractivity contribution in [2.45, 2.75) is 32.3 Å². The normalized spacial score (nSPS) is 20.5. The highest BCUT2D eigenvalue weighted by Crippen LogP contribution is 2.57. The first kappa shape index (κ1) is 13.2. The third kappa shape index (κ3) is 4.34. The van der Waals surface area contributed by atoms with Gasteiger partial charge in [-0.3, -0.25) is 4.67 Å². The second kappa shape index (κ2) is 7.43. The van der Waals surface area contributed by atoms with Gasteiger partial charge >= 0.3 is 0 Å². The zero-order valence-corrected chi connectivity index (χ0v) is 11.6. The van der Waals surface area contributed by atoms with E-state index in [-0.39, 0.29) is 7.27 Å². The summed E-state index contributed by atoms with van der Waals surface area (Å²) >= 11 is 3.61. The molecule has 1 unspecified atom stereocenters. The first-order chi connectivity index (χ1) is 6.75. The highest BCUT2D eigenvalue weighted by molar-refractivity contribution is 8.55. The minimum Gasteiger partial charge on any atom is -0.274 e. The van der Waals surface area contributed by atoms with Gasteiger partial charge in [0.25, 0.3) is 0 Å². The van der Waals surface area contributed by atoms with Crippen LogP contribution >= 0.6 is 30.3 Å². The van der Waals surface area contributed by atoms with Gasteiger partial charge in [0.2, 0.25) is 0 Å². The van der Waals surface area contributed by atoms with Crippen LogP contribution in [0.25, 0.3) is 0 Å². The molecule has 0 amide bonds. The minimum atomic E-state index is 0.0487. The monoisotopic (exact) mass is 247 g/mol. The molecule has 1 rings (SSSR count). The van der Waals surface area contributed by atoms with Crippen LogP contribution in [0.4, 0.5) is 0 Å². The summed E-state index contributed by atoms with van der Waals surface area (Å²) in [5.74, 6) is 2.30.